The molecule has 1 amide bonds. The van der Waals surface area contributed by atoms with Crippen molar-refractivity contribution in [2.24, 2.45) is 0 Å². The molecule has 1 aromatic rings. The van der Waals surface area contributed by atoms with Crippen molar-refractivity contribution in [3.63, 3.8) is 0 Å². The fourth-order valence-corrected chi connectivity index (χ4v) is 2.95. The largest absolute Gasteiger partial charge is 0.383 e. The number of carbonyl (C=O) groups excluding carboxylic acids is 1. The van der Waals surface area contributed by atoms with Gasteiger partial charge in [-0.3, -0.25) is 4.79 Å². The lowest BCUT2D eigenvalue weighted by atomic mass is 10.1. The molecule has 2 aliphatic heterocycles. The normalized spacial score (nSPS) is 18.1. The number of ether oxygens (including phenoxy) is 1. The number of methoxy groups -OCH3 is 1. The number of anilines is 2. The number of nitrogens with one attached hydrogen (secondary N) is 3. The Morgan fingerprint density at radius 3 is 2.96 bits per heavy atom. The molecule has 3 rings (SSSR count). The Labute approximate surface area is 136 Å². The van der Waals surface area contributed by atoms with Gasteiger partial charge in [0.15, 0.2) is 0 Å². The smallest absolute Gasteiger partial charge is 0.239 e. The molecule has 0 bridgehead atoms. The highest BCUT2D eigenvalue weighted by Crippen LogP contribution is 2.25. The highest BCUT2D eigenvalue weighted by Gasteiger charge is 2.24. The van der Waals surface area contributed by atoms with E-state index in [1.165, 1.54) is 5.56 Å². The van der Waals surface area contributed by atoms with Crippen LogP contribution >= 0.6 is 0 Å². The molecule has 0 unspecified atom stereocenters. The zero-order valence-electron chi connectivity index (χ0n) is 13.5. The molecule has 1 aromatic heterocycles. The number of piperazine rings is 1. The topological polar surface area (TPSA) is 91.4 Å². The molecule has 23 heavy (non-hydrogen) atoms. The van der Waals surface area contributed by atoms with Crippen LogP contribution in [0.3, 0.4) is 0 Å². The van der Waals surface area contributed by atoms with E-state index in [0.717, 1.165) is 44.0 Å². The summed E-state index contributed by atoms with van der Waals surface area (Å²) < 4.78 is 5.07. The van der Waals surface area contributed by atoms with Crippen LogP contribution in [0, 0.1) is 0 Å². The van der Waals surface area contributed by atoms with E-state index in [9.17, 15) is 4.79 Å². The lowest BCUT2D eigenvalue weighted by Crippen LogP contribution is -2.48. The summed E-state index contributed by atoms with van der Waals surface area (Å²) in [6, 6.07) is 0. The molecule has 1 saturated heterocycles. The zero-order chi connectivity index (χ0) is 16.1. The maximum absolute atomic E-state index is 11.7. The third-order valence-electron chi connectivity index (χ3n) is 4.09. The highest BCUT2D eigenvalue weighted by molar-refractivity contribution is 5.82. The minimum atomic E-state index is 0.0456. The number of aromatic nitrogens is 2. The zero-order valence-corrected chi connectivity index (χ0v) is 13.5. The summed E-state index contributed by atoms with van der Waals surface area (Å²) in [4.78, 5) is 23.2. The highest BCUT2D eigenvalue weighted by atomic mass is 16.5. The van der Waals surface area contributed by atoms with Gasteiger partial charge in [0, 0.05) is 45.3 Å². The first-order chi connectivity index (χ1) is 11.3. The van der Waals surface area contributed by atoms with E-state index in [0.29, 0.717) is 32.2 Å². The van der Waals surface area contributed by atoms with Crippen molar-refractivity contribution in [2.75, 3.05) is 63.2 Å². The van der Waals surface area contributed by atoms with Crippen LogP contribution in [0.15, 0.2) is 0 Å². The number of hydrogen-bond donors (Lipinski definition) is 3. The molecule has 2 aliphatic rings. The van der Waals surface area contributed by atoms with Crippen molar-refractivity contribution in [3.8, 4) is 0 Å². The molecule has 8 heteroatoms. The summed E-state index contributed by atoms with van der Waals surface area (Å²) >= 11 is 0. The maximum Gasteiger partial charge on any atom is 0.239 e. The van der Waals surface area contributed by atoms with Crippen molar-refractivity contribution in [2.45, 2.75) is 12.8 Å². The summed E-state index contributed by atoms with van der Waals surface area (Å²) in [5, 5.41) is 9.47. The van der Waals surface area contributed by atoms with Gasteiger partial charge in [0.05, 0.1) is 18.8 Å². The number of hydrogen-bond acceptors (Lipinski definition) is 7. The van der Waals surface area contributed by atoms with Gasteiger partial charge >= 0.3 is 0 Å². The summed E-state index contributed by atoms with van der Waals surface area (Å²) in [5.74, 6) is 1.56. The first-order valence-corrected chi connectivity index (χ1v) is 8.13. The summed E-state index contributed by atoms with van der Waals surface area (Å²) in [6.07, 6.45) is 1.77. The van der Waals surface area contributed by atoms with E-state index in [2.05, 4.69) is 25.8 Å². The van der Waals surface area contributed by atoms with E-state index in [-0.39, 0.29) is 5.91 Å². The lowest BCUT2D eigenvalue weighted by molar-refractivity contribution is -0.120. The standard InChI is InChI=1S/C15H24N6O2/c1-23-9-7-18-15-19-12-3-5-16-4-2-11(12)14(20-15)21-8-6-17-13(22)10-21/h16H,2-10H2,1H3,(H,17,22)(H,18,19,20). The number of nitrogens with zero attached hydrogens (tertiary/aromatic N) is 3. The molecule has 3 N–H and O–H groups in total. The Kier molecular flexibility index (Phi) is 5.24. The number of amides is 1. The fourth-order valence-electron chi connectivity index (χ4n) is 2.95. The minimum Gasteiger partial charge on any atom is -0.383 e. The Morgan fingerprint density at radius 1 is 1.26 bits per heavy atom. The number of fused-ring (bicyclic) bond motifs is 1. The molecular formula is C15H24N6O2. The molecule has 1 fully saturated rings. The second kappa shape index (κ2) is 7.56. The average molecular weight is 320 g/mol. The first-order valence-electron chi connectivity index (χ1n) is 8.13. The summed E-state index contributed by atoms with van der Waals surface area (Å²) in [7, 11) is 1.67. The van der Waals surface area contributed by atoms with Crippen LogP contribution in [0.2, 0.25) is 0 Å². The molecule has 0 aromatic carbocycles. The van der Waals surface area contributed by atoms with Crippen molar-refractivity contribution >= 4 is 17.7 Å². The first kappa shape index (κ1) is 15.9. The Morgan fingerprint density at radius 2 is 2.13 bits per heavy atom. The molecule has 0 saturated carbocycles. The van der Waals surface area contributed by atoms with Crippen LogP contribution in [0.25, 0.3) is 0 Å². The van der Waals surface area contributed by atoms with E-state index in [4.69, 9.17) is 9.72 Å². The molecular weight excluding hydrogens is 296 g/mol. The second-order valence-corrected chi connectivity index (χ2v) is 5.74. The van der Waals surface area contributed by atoms with Gasteiger partial charge in [0.1, 0.15) is 5.82 Å². The van der Waals surface area contributed by atoms with Crippen molar-refractivity contribution in [1.29, 1.82) is 0 Å². The summed E-state index contributed by atoms with van der Waals surface area (Å²) in [6.45, 7) is 4.88. The quantitative estimate of drug-likeness (QED) is 0.609. The van der Waals surface area contributed by atoms with Crippen LogP contribution < -0.4 is 20.9 Å². The molecule has 0 atom stereocenters. The van der Waals surface area contributed by atoms with Gasteiger partial charge in [-0.15, -0.1) is 0 Å². The number of rotatable bonds is 5. The minimum absolute atomic E-state index is 0.0456. The van der Waals surface area contributed by atoms with Crippen molar-refractivity contribution in [3.05, 3.63) is 11.3 Å². The lowest BCUT2D eigenvalue weighted by Gasteiger charge is -2.30. The van der Waals surface area contributed by atoms with E-state index in [1.54, 1.807) is 7.11 Å². The van der Waals surface area contributed by atoms with Crippen LogP contribution in [-0.2, 0) is 22.4 Å². The van der Waals surface area contributed by atoms with Gasteiger partial charge in [0.2, 0.25) is 11.9 Å². The summed E-state index contributed by atoms with van der Waals surface area (Å²) in [5.41, 5.74) is 2.24. The van der Waals surface area contributed by atoms with E-state index < -0.39 is 0 Å². The van der Waals surface area contributed by atoms with Crippen molar-refractivity contribution < 1.29 is 9.53 Å². The SMILES string of the molecule is COCCNc1nc2c(c(N3CCNC(=O)C3)n1)CCNCC2. The molecule has 3 heterocycles. The molecule has 126 valence electrons. The fraction of sp³-hybridized carbons (Fsp3) is 0.667. The third kappa shape index (κ3) is 3.89. The third-order valence-corrected chi connectivity index (χ3v) is 4.09. The number of carbonyl (C=O) groups is 1. The van der Waals surface area contributed by atoms with Gasteiger partial charge in [-0.1, -0.05) is 0 Å². The molecule has 0 radical (unpaired) electrons. The monoisotopic (exact) mass is 320 g/mol. The maximum atomic E-state index is 11.7. The van der Waals surface area contributed by atoms with Crippen LogP contribution in [-0.4, -0.2) is 68.9 Å². The van der Waals surface area contributed by atoms with Gasteiger partial charge in [-0.05, 0) is 13.0 Å². The van der Waals surface area contributed by atoms with Gasteiger partial charge in [-0.2, -0.15) is 4.98 Å². The Bertz CT molecular complexity index is 565. The van der Waals surface area contributed by atoms with E-state index >= 15 is 0 Å². The van der Waals surface area contributed by atoms with Gasteiger partial charge < -0.3 is 25.6 Å². The predicted octanol–water partition coefficient (Wildman–Crippen LogP) is -0.841. The average Bonchev–Trinajstić information content (AvgIpc) is 2.80. The Balaban J connectivity index is 1.90. The molecule has 0 aliphatic carbocycles. The predicted molar refractivity (Wildman–Crippen MR) is 87.9 cm³/mol. The van der Waals surface area contributed by atoms with Crippen LogP contribution in [0.4, 0.5) is 11.8 Å². The van der Waals surface area contributed by atoms with Crippen LogP contribution in [0.5, 0.6) is 0 Å². The van der Waals surface area contributed by atoms with Gasteiger partial charge in [0.25, 0.3) is 0 Å². The Hall–Kier alpha value is -1.93. The van der Waals surface area contributed by atoms with Gasteiger partial charge in [-0.25, -0.2) is 4.98 Å². The van der Waals surface area contributed by atoms with Crippen molar-refractivity contribution in [1.82, 2.24) is 20.6 Å². The van der Waals surface area contributed by atoms with Crippen LogP contribution in [0.1, 0.15) is 11.3 Å². The molecule has 8 nitrogen and oxygen atoms in total. The second-order valence-electron chi connectivity index (χ2n) is 5.74. The molecule has 0 spiro atoms. The van der Waals surface area contributed by atoms with E-state index in [1.807, 2.05) is 0 Å².